The second-order valence-electron chi connectivity index (χ2n) is 8.04. The van der Waals surface area contributed by atoms with Gasteiger partial charge in [-0.1, -0.05) is 48.0 Å². The molecule has 0 fully saturated rings. The maximum atomic E-state index is 13.0. The van der Waals surface area contributed by atoms with E-state index in [4.69, 9.17) is 0 Å². The number of carbonyl (C=O) groups is 1. The van der Waals surface area contributed by atoms with Gasteiger partial charge in [0.1, 0.15) is 0 Å². The van der Waals surface area contributed by atoms with Gasteiger partial charge < -0.3 is 5.32 Å². The molecule has 2 aromatic carbocycles. The summed E-state index contributed by atoms with van der Waals surface area (Å²) in [7, 11) is 0. The first-order valence-electron chi connectivity index (χ1n) is 10.8. The van der Waals surface area contributed by atoms with E-state index in [1.165, 1.54) is 4.68 Å². The van der Waals surface area contributed by atoms with Crippen LogP contribution in [0.1, 0.15) is 35.4 Å². The first-order chi connectivity index (χ1) is 15.4. The second kappa shape index (κ2) is 9.18. The highest BCUT2D eigenvalue weighted by molar-refractivity contribution is 5.83. The Morgan fingerprint density at radius 3 is 2.41 bits per heavy atom. The SMILES string of the molecule is Cc1ccc(-n2nc3c(=O)n(CCCC(=O)NCc4ccccc4)nc(C)c3c2C)cc1. The van der Waals surface area contributed by atoms with Crippen LogP contribution in [-0.4, -0.2) is 25.5 Å². The summed E-state index contributed by atoms with van der Waals surface area (Å²) in [5, 5.41) is 12.8. The average molecular weight is 430 g/mol. The molecule has 0 atom stereocenters. The van der Waals surface area contributed by atoms with Crippen LogP contribution >= 0.6 is 0 Å². The second-order valence-corrected chi connectivity index (χ2v) is 8.04. The van der Waals surface area contributed by atoms with Gasteiger partial charge in [0, 0.05) is 19.5 Å². The Balaban J connectivity index is 1.47. The van der Waals surface area contributed by atoms with E-state index in [9.17, 15) is 9.59 Å². The van der Waals surface area contributed by atoms with E-state index >= 15 is 0 Å². The summed E-state index contributed by atoms with van der Waals surface area (Å²) in [4.78, 5) is 25.2. The third kappa shape index (κ3) is 4.46. The minimum Gasteiger partial charge on any atom is -0.352 e. The number of aryl methyl sites for hydroxylation is 4. The molecular weight excluding hydrogens is 402 g/mol. The molecule has 0 spiro atoms. The fraction of sp³-hybridized carbons (Fsp3) is 0.280. The monoisotopic (exact) mass is 429 g/mol. The van der Waals surface area contributed by atoms with Crippen molar-refractivity contribution in [1.82, 2.24) is 24.9 Å². The highest BCUT2D eigenvalue weighted by Gasteiger charge is 2.17. The Morgan fingerprint density at radius 2 is 1.69 bits per heavy atom. The maximum Gasteiger partial charge on any atom is 0.295 e. The van der Waals surface area contributed by atoms with E-state index in [1.807, 2.05) is 75.4 Å². The first-order valence-corrected chi connectivity index (χ1v) is 10.8. The van der Waals surface area contributed by atoms with E-state index in [1.54, 1.807) is 4.68 Å². The molecule has 1 amide bonds. The molecule has 2 aromatic heterocycles. The minimum absolute atomic E-state index is 0.0424. The molecule has 0 aliphatic rings. The van der Waals surface area contributed by atoms with Crippen molar-refractivity contribution in [2.75, 3.05) is 0 Å². The molecule has 32 heavy (non-hydrogen) atoms. The molecule has 164 valence electrons. The van der Waals surface area contributed by atoms with Crippen LogP contribution in [-0.2, 0) is 17.9 Å². The van der Waals surface area contributed by atoms with Gasteiger partial charge in [-0.3, -0.25) is 9.59 Å². The molecule has 4 rings (SSSR count). The summed E-state index contributed by atoms with van der Waals surface area (Å²) in [6.45, 7) is 6.73. The van der Waals surface area contributed by atoms with Crippen LogP contribution in [0, 0.1) is 20.8 Å². The zero-order valence-electron chi connectivity index (χ0n) is 18.6. The average Bonchev–Trinajstić information content (AvgIpc) is 3.15. The summed E-state index contributed by atoms with van der Waals surface area (Å²) in [6, 6.07) is 17.8. The molecule has 4 aromatic rings. The molecule has 0 saturated heterocycles. The topological polar surface area (TPSA) is 81.8 Å². The number of fused-ring (bicyclic) bond motifs is 1. The molecule has 0 unspecified atom stereocenters. The molecule has 7 heteroatoms. The van der Waals surface area contributed by atoms with Crippen LogP contribution in [0.25, 0.3) is 16.6 Å². The summed E-state index contributed by atoms with van der Waals surface area (Å²) < 4.78 is 3.22. The molecule has 0 radical (unpaired) electrons. The van der Waals surface area contributed by atoms with Gasteiger partial charge in [0.05, 0.1) is 22.5 Å². The number of hydrogen-bond acceptors (Lipinski definition) is 4. The van der Waals surface area contributed by atoms with E-state index in [0.717, 1.165) is 33.6 Å². The number of rotatable bonds is 7. The lowest BCUT2D eigenvalue weighted by Gasteiger charge is -2.08. The van der Waals surface area contributed by atoms with E-state index in [0.29, 0.717) is 31.4 Å². The van der Waals surface area contributed by atoms with Gasteiger partial charge in [-0.2, -0.15) is 10.2 Å². The number of nitrogens with one attached hydrogen (secondary N) is 1. The number of aromatic nitrogens is 4. The van der Waals surface area contributed by atoms with Gasteiger partial charge in [0.2, 0.25) is 5.91 Å². The Hall–Kier alpha value is -3.74. The van der Waals surface area contributed by atoms with Crippen LogP contribution in [0.15, 0.2) is 59.4 Å². The molecular formula is C25H27N5O2. The molecule has 0 aliphatic heterocycles. The fourth-order valence-corrected chi connectivity index (χ4v) is 3.85. The summed E-state index contributed by atoms with van der Waals surface area (Å²) >= 11 is 0. The van der Waals surface area contributed by atoms with Gasteiger partial charge in [0.15, 0.2) is 5.52 Å². The predicted octanol–water partition coefficient (Wildman–Crippen LogP) is 3.60. The normalized spacial score (nSPS) is 11.1. The number of carbonyl (C=O) groups excluding carboxylic acids is 1. The van der Waals surface area contributed by atoms with Crippen LogP contribution < -0.4 is 10.9 Å². The van der Waals surface area contributed by atoms with Gasteiger partial charge in [0.25, 0.3) is 5.56 Å². The Labute approximate surface area is 186 Å². The van der Waals surface area contributed by atoms with Crippen molar-refractivity contribution in [2.45, 2.75) is 46.7 Å². The molecule has 0 aliphatic carbocycles. The zero-order valence-corrected chi connectivity index (χ0v) is 18.6. The standard InChI is InChI=1S/C25H27N5O2/c1-17-11-13-21(14-12-17)30-19(3)23-18(2)27-29(25(32)24(23)28-30)15-7-10-22(31)26-16-20-8-5-4-6-9-20/h4-6,8-9,11-14H,7,10,15-16H2,1-3H3,(H,26,31). The number of benzene rings is 2. The highest BCUT2D eigenvalue weighted by atomic mass is 16.1. The van der Waals surface area contributed by atoms with Gasteiger partial charge in [-0.05, 0) is 44.9 Å². The largest absolute Gasteiger partial charge is 0.352 e. The molecule has 7 nitrogen and oxygen atoms in total. The molecule has 2 heterocycles. The highest BCUT2D eigenvalue weighted by Crippen LogP contribution is 2.21. The third-order valence-electron chi connectivity index (χ3n) is 5.57. The lowest BCUT2D eigenvalue weighted by molar-refractivity contribution is -0.121. The van der Waals surface area contributed by atoms with Crippen molar-refractivity contribution in [3.63, 3.8) is 0 Å². The van der Waals surface area contributed by atoms with Crippen molar-refractivity contribution in [1.29, 1.82) is 0 Å². The van der Waals surface area contributed by atoms with Crippen LogP contribution in [0.4, 0.5) is 0 Å². The van der Waals surface area contributed by atoms with Crippen molar-refractivity contribution >= 4 is 16.8 Å². The summed E-state index contributed by atoms with van der Waals surface area (Å²) in [5.74, 6) is -0.0424. The van der Waals surface area contributed by atoms with Gasteiger partial charge in [-0.25, -0.2) is 9.36 Å². The lowest BCUT2D eigenvalue weighted by Crippen LogP contribution is -2.26. The smallest absolute Gasteiger partial charge is 0.295 e. The van der Waals surface area contributed by atoms with Crippen LogP contribution in [0.5, 0.6) is 0 Å². The number of nitrogens with zero attached hydrogens (tertiary/aromatic N) is 4. The van der Waals surface area contributed by atoms with E-state index in [2.05, 4.69) is 15.5 Å². The Morgan fingerprint density at radius 1 is 0.969 bits per heavy atom. The number of amides is 1. The lowest BCUT2D eigenvalue weighted by atomic mass is 10.2. The van der Waals surface area contributed by atoms with Crippen LogP contribution in [0.2, 0.25) is 0 Å². The Kier molecular flexibility index (Phi) is 6.16. The fourth-order valence-electron chi connectivity index (χ4n) is 3.85. The molecule has 1 N–H and O–H groups in total. The van der Waals surface area contributed by atoms with Gasteiger partial charge >= 0.3 is 0 Å². The first kappa shape index (κ1) is 21.5. The van der Waals surface area contributed by atoms with Crippen LogP contribution in [0.3, 0.4) is 0 Å². The quantitative estimate of drug-likeness (QED) is 0.487. The summed E-state index contributed by atoms with van der Waals surface area (Å²) in [5.41, 5.74) is 4.94. The molecule has 0 saturated carbocycles. The van der Waals surface area contributed by atoms with Crippen molar-refractivity contribution in [2.24, 2.45) is 0 Å². The summed E-state index contributed by atoms with van der Waals surface area (Å²) in [6.07, 6.45) is 0.852. The Bertz CT molecular complexity index is 1300. The van der Waals surface area contributed by atoms with Crippen molar-refractivity contribution in [3.05, 3.63) is 87.5 Å². The predicted molar refractivity (Wildman–Crippen MR) is 125 cm³/mol. The zero-order chi connectivity index (χ0) is 22.7. The third-order valence-corrected chi connectivity index (χ3v) is 5.57. The van der Waals surface area contributed by atoms with Crippen molar-refractivity contribution < 1.29 is 4.79 Å². The maximum absolute atomic E-state index is 13.0. The van der Waals surface area contributed by atoms with E-state index in [-0.39, 0.29) is 11.5 Å². The van der Waals surface area contributed by atoms with E-state index < -0.39 is 0 Å². The van der Waals surface area contributed by atoms with Gasteiger partial charge in [-0.15, -0.1) is 0 Å². The minimum atomic E-state index is -0.232. The van der Waals surface area contributed by atoms with Crippen molar-refractivity contribution in [3.8, 4) is 5.69 Å². The number of hydrogen-bond donors (Lipinski definition) is 1. The molecule has 0 bridgehead atoms.